The standard InChI is InChI=1S/C22H22N2O2/c1-15-9-12-20(26-15)17-6-5-7-18(14-17)22(25)24(2)21(16-10-11-16)19-8-3-4-13-23-19/h3-9,12-14,16,21H,10-11H2,1-2H3. The molecule has 0 radical (unpaired) electrons. The summed E-state index contributed by atoms with van der Waals surface area (Å²) in [5.41, 5.74) is 2.54. The lowest BCUT2D eigenvalue weighted by Crippen LogP contribution is -2.33. The third kappa shape index (κ3) is 3.27. The number of amides is 1. The number of benzene rings is 1. The number of furan rings is 1. The number of nitrogens with zero attached hydrogens (tertiary/aromatic N) is 2. The van der Waals surface area contributed by atoms with Crippen LogP contribution >= 0.6 is 0 Å². The molecular weight excluding hydrogens is 324 g/mol. The summed E-state index contributed by atoms with van der Waals surface area (Å²) in [5, 5.41) is 0. The van der Waals surface area contributed by atoms with Gasteiger partial charge in [-0.1, -0.05) is 18.2 Å². The van der Waals surface area contributed by atoms with Gasteiger partial charge in [-0.15, -0.1) is 0 Å². The van der Waals surface area contributed by atoms with Crippen molar-refractivity contribution in [3.63, 3.8) is 0 Å². The Morgan fingerprint density at radius 1 is 1.15 bits per heavy atom. The Morgan fingerprint density at radius 3 is 2.65 bits per heavy atom. The van der Waals surface area contributed by atoms with Crippen molar-refractivity contribution >= 4 is 5.91 Å². The fourth-order valence-corrected chi connectivity index (χ4v) is 3.44. The number of aromatic nitrogens is 1. The van der Waals surface area contributed by atoms with Crippen LogP contribution in [0.1, 0.15) is 40.7 Å². The van der Waals surface area contributed by atoms with Gasteiger partial charge in [0.2, 0.25) is 0 Å². The van der Waals surface area contributed by atoms with Gasteiger partial charge in [-0.05, 0) is 62.1 Å². The molecule has 0 spiro atoms. The molecule has 132 valence electrons. The van der Waals surface area contributed by atoms with Crippen LogP contribution in [0.25, 0.3) is 11.3 Å². The largest absolute Gasteiger partial charge is 0.461 e. The molecule has 0 aliphatic heterocycles. The van der Waals surface area contributed by atoms with E-state index in [4.69, 9.17) is 4.42 Å². The smallest absolute Gasteiger partial charge is 0.254 e. The van der Waals surface area contributed by atoms with Crippen LogP contribution in [-0.2, 0) is 0 Å². The van der Waals surface area contributed by atoms with Crippen molar-refractivity contribution in [2.45, 2.75) is 25.8 Å². The van der Waals surface area contributed by atoms with Crippen LogP contribution in [0.2, 0.25) is 0 Å². The van der Waals surface area contributed by atoms with Crippen molar-refractivity contribution < 1.29 is 9.21 Å². The fourth-order valence-electron chi connectivity index (χ4n) is 3.44. The first-order valence-corrected chi connectivity index (χ1v) is 8.98. The van der Waals surface area contributed by atoms with Crippen LogP contribution in [0.3, 0.4) is 0 Å². The number of carbonyl (C=O) groups is 1. The Kier molecular flexibility index (Phi) is 4.33. The molecule has 3 aromatic rings. The SMILES string of the molecule is Cc1ccc(-c2cccc(C(=O)N(C)C(c3ccccn3)C3CC3)c2)o1. The Balaban J connectivity index is 1.62. The highest BCUT2D eigenvalue weighted by atomic mass is 16.3. The normalized spacial score (nSPS) is 14.8. The maximum Gasteiger partial charge on any atom is 0.254 e. The topological polar surface area (TPSA) is 46.3 Å². The molecule has 1 aliphatic rings. The van der Waals surface area contributed by atoms with E-state index in [0.717, 1.165) is 35.6 Å². The third-order valence-electron chi connectivity index (χ3n) is 4.93. The van der Waals surface area contributed by atoms with Crippen molar-refractivity contribution in [2.24, 2.45) is 5.92 Å². The molecule has 4 rings (SSSR count). The second-order valence-corrected chi connectivity index (χ2v) is 6.94. The lowest BCUT2D eigenvalue weighted by Gasteiger charge is -2.28. The van der Waals surface area contributed by atoms with Gasteiger partial charge in [-0.25, -0.2) is 0 Å². The summed E-state index contributed by atoms with van der Waals surface area (Å²) in [6.07, 6.45) is 4.08. The number of hydrogen-bond acceptors (Lipinski definition) is 3. The van der Waals surface area contributed by atoms with Crippen LogP contribution in [0, 0.1) is 12.8 Å². The van der Waals surface area contributed by atoms with E-state index in [1.165, 1.54) is 0 Å². The van der Waals surface area contributed by atoms with E-state index in [1.807, 2.05) is 73.5 Å². The van der Waals surface area contributed by atoms with Gasteiger partial charge < -0.3 is 9.32 Å². The van der Waals surface area contributed by atoms with E-state index in [1.54, 1.807) is 6.20 Å². The number of rotatable bonds is 5. The Hall–Kier alpha value is -2.88. The molecule has 1 unspecified atom stereocenters. The number of carbonyl (C=O) groups excluding carboxylic acids is 1. The molecule has 0 N–H and O–H groups in total. The minimum absolute atomic E-state index is 0.0117. The van der Waals surface area contributed by atoms with E-state index < -0.39 is 0 Å². The van der Waals surface area contributed by atoms with E-state index >= 15 is 0 Å². The van der Waals surface area contributed by atoms with Gasteiger partial charge in [-0.2, -0.15) is 0 Å². The monoisotopic (exact) mass is 346 g/mol. The summed E-state index contributed by atoms with van der Waals surface area (Å²) < 4.78 is 5.69. The van der Waals surface area contributed by atoms with Crippen LogP contribution in [0.5, 0.6) is 0 Å². The molecule has 0 bridgehead atoms. The highest BCUT2D eigenvalue weighted by molar-refractivity contribution is 5.95. The molecule has 1 aliphatic carbocycles. The second-order valence-electron chi connectivity index (χ2n) is 6.94. The molecule has 1 saturated carbocycles. The van der Waals surface area contributed by atoms with Crippen LogP contribution in [0.15, 0.2) is 65.2 Å². The van der Waals surface area contributed by atoms with Gasteiger partial charge in [0.05, 0.1) is 11.7 Å². The average Bonchev–Trinajstić information content (AvgIpc) is 3.41. The summed E-state index contributed by atoms with van der Waals surface area (Å²) in [6.45, 7) is 1.92. The number of pyridine rings is 1. The fraction of sp³-hybridized carbons (Fsp3) is 0.273. The van der Waals surface area contributed by atoms with Crippen molar-refractivity contribution in [1.82, 2.24) is 9.88 Å². The molecule has 4 heteroatoms. The number of aryl methyl sites for hydroxylation is 1. The maximum atomic E-state index is 13.1. The van der Waals surface area contributed by atoms with E-state index in [2.05, 4.69) is 4.98 Å². The first-order chi connectivity index (χ1) is 12.6. The predicted molar refractivity (Wildman–Crippen MR) is 101 cm³/mol. The second kappa shape index (κ2) is 6.79. The minimum atomic E-state index is 0.0117. The van der Waals surface area contributed by atoms with E-state index in [-0.39, 0.29) is 11.9 Å². The van der Waals surface area contributed by atoms with Gasteiger partial charge in [0, 0.05) is 24.4 Å². The van der Waals surface area contributed by atoms with Gasteiger partial charge in [0.15, 0.2) is 0 Å². The zero-order valence-electron chi connectivity index (χ0n) is 15.1. The Bertz CT molecular complexity index is 913. The van der Waals surface area contributed by atoms with Gasteiger partial charge >= 0.3 is 0 Å². The first kappa shape index (κ1) is 16.6. The van der Waals surface area contributed by atoms with Crippen LogP contribution in [0.4, 0.5) is 0 Å². The van der Waals surface area contributed by atoms with Crippen molar-refractivity contribution in [3.8, 4) is 11.3 Å². The summed E-state index contributed by atoms with van der Waals surface area (Å²) in [6, 6.07) is 17.4. The lowest BCUT2D eigenvalue weighted by atomic mass is 10.0. The summed E-state index contributed by atoms with van der Waals surface area (Å²) in [7, 11) is 1.88. The summed E-state index contributed by atoms with van der Waals surface area (Å²) >= 11 is 0. The maximum absolute atomic E-state index is 13.1. The Labute approximate surface area is 153 Å². The first-order valence-electron chi connectivity index (χ1n) is 8.98. The van der Waals surface area contributed by atoms with Gasteiger partial charge in [0.25, 0.3) is 5.91 Å². The molecule has 1 fully saturated rings. The predicted octanol–water partition coefficient (Wildman–Crippen LogP) is 4.87. The van der Waals surface area contributed by atoms with Crippen molar-refractivity contribution in [3.05, 3.63) is 77.8 Å². The minimum Gasteiger partial charge on any atom is -0.461 e. The van der Waals surface area contributed by atoms with Gasteiger partial charge in [0.1, 0.15) is 11.5 Å². The van der Waals surface area contributed by atoms with Crippen LogP contribution in [-0.4, -0.2) is 22.8 Å². The van der Waals surface area contributed by atoms with Gasteiger partial charge in [-0.3, -0.25) is 9.78 Å². The highest BCUT2D eigenvalue weighted by Crippen LogP contribution is 2.43. The molecular formula is C22H22N2O2. The van der Waals surface area contributed by atoms with E-state index in [0.29, 0.717) is 11.5 Å². The quantitative estimate of drug-likeness (QED) is 0.662. The average molecular weight is 346 g/mol. The molecule has 1 atom stereocenters. The van der Waals surface area contributed by atoms with Crippen LogP contribution < -0.4 is 0 Å². The molecule has 1 aromatic carbocycles. The van der Waals surface area contributed by atoms with Crippen molar-refractivity contribution in [1.29, 1.82) is 0 Å². The van der Waals surface area contributed by atoms with E-state index in [9.17, 15) is 4.79 Å². The third-order valence-corrected chi connectivity index (χ3v) is 4.93. The molecule has 2 aromatic heterocycles. The molecule has 0 saturated heterocycles. The zero-order chi connectivity index (χ0) is 18.1. The summed E-state index contributed by atoms with van der Waals surface area (Å²) in [4.78, 5) is 19.5. The van der Waals surface area contributed by atoms with Crippen molar-refractivity contribution in [2.75, 3.05) is 7.05 Å². The molecule has 2 heterocycles. The molecule has 1 amide bonds. The molecule has 26 heavy (non-hydrogen) atoms. The Morgan fingerprint density at radius 2 is 2.00 bits per heavy atom. The highest BCUT2D eigenvalue weighted by Gasteiger charge is 2.37. The lowest BCUT2D eigenvalue weighted by molar-refractivity contribution is 0.0707. The number of hydrogen-bond donors (Lipinski definition) is 0. The molecule has 4 nitrogen and oxygen atoms in total. The zero-order valence-corrected chi connectivity index (χ0v) is 15.1. The summed E-state index contributed by atoms with van der Waals surface area (Å²) in [5.74, 6) is 2.15.